The summed E-state index contributed by atoms with van der Waals surface area (Å²) in [4.78, 5) is 9.90. The van der Waals surface area contributed by atoms with E-state index in [1.807, 2.05) is 32.2 Å². The highest BCUT2D eigenvalue weighted by Crippen LogP contribution is 2.25. The van der Waals surface area contributed by atoms with Crippen LogP contribution < -0.4 is 10.5 Å². The largest absolute Gasteiger partial charge is 0.481 e. The molecule has 0 amide bonds. The van der Waals surface area contributed by atoms with E-state index in [0.717, 1.165) is 27.6 Å². The number of hydrogen-bond acceptors (Lipinski definition) is 5. The molecule has 0 radical (unpaired) electrons. The van der Waals surface area contributed by atoms with Crippen molar-refractivity contribution in [3.63, 3.8) is 0 Å². The van der Waals surface area contributed by atoms with Crippen LogP contribution in [0.3, 0.4) is 0 Å². The number of hydrogen-bond donors (Lipinski definition) is 1. The summed E-state index contributed by atoms with van der Waals surface area (Å²) in [7, 11) is 1.61. The molecule has 0 aliphatic carbocycles. The van der Waals surface area contributed by atoms with Gasteiger partial charge in [-0.2, -0.15) is 0 Å². The standard InChI is InChI=1S/C13H17N3OS/c1-8(14)13-9(2)16-12(18-13)6-10-4-5-11(17-3)15-7-10/h4-5,7-8H,6,14H2,1-3H3. The van der Waals surface area contributed by atoms with Crippen molar-refractivity contribution in [1.29, 1.82) is 0 Å². The van der Waals surface area contributed by atoms with Crippen LogP contribution in [0.5, 0.6) is 5.88 Å². The Morgan fingerprint density at radius 1 is 1.44 bits per heavy atom. The van der Waals surface area contributed by atoms with Crippen LogP contribution in [0.25, 0.3) is 0 Å². The van der Waals surface area contributed by atoms with Crippen LogP contribution in [0.4, 0.5) is 0 Å². The van der Waals surface area contributed by atoms with E-state index >= 15 is 0 Å². The van der Waals surface area contributed by atoms with Crippen molar-refractivity contribution in [2.24, 2.45) is 5.73 Å². The summed E-state index contributed by atoms with van der Waals surface area (Å²) in [6.45, 7) is 3.99. The molecule has 0 saturated carbocycles. The number of nitrogens with zero attached hydrogens (tertiary/aromatic N) is 2. The van der Waals surface area contributed by atoms with Gasteiger partial charge in [-0.1, -0.05) is 6.07 Å². The Bertz CT molecular complexity index is 520. The van der Waals surface area contributed by atoms with E-state index in [4.69, 9.17) is 10.5 Å². The minimum absolute atomic E-state index is 0.0465. The maximum Gasteiger partial charge on any atom is 0.212 e. The summed E-state index contributed by atoms with van der Waals surface area (Å²) in [5.41, 5.74) is 8.06. The van der Waals surface area contributed by atoms with Crippen LogP contribution in [0.1, 0.15) is 34.1 Å². The van der Waals surface area contributed by atoms with E-state index in [-0.39, 0.29) is 6.04 Å². The summed E-state index contributed by atoms with van der Waals surface area (Å²) >= 11 is 1.68. The maximum absolute atomic E-state index is 5.90. The number of thiazole rings is 1. The molecule has 2 N–H and O–H groups in total. The second-order valence-corrected chi connectivity index (χ2v) is 5.35. The predicted octanol–water partition coefficient (Wildman–Crippen LogP) is 2.47. The predicted molar refractivity (Wildman–Crippen MR) is 73.0 cm³/mol. The molecule has 0 aromatic carbocycles. The number of nitrogens with two attached hydrogens (primary N) is 1. The van der Waals surface area contributed by atoms with E-state index in [2.05, 4.69) is 9.97 Å². The Kier molecular flexibility index (Phi) is 3.93. The summed E-state index contributed by atoms with van der Waals surface area (Å²) < 4.78 is 5.03. The highest BCUT2D eigenvalue weighted by molar-refractivity contribution is 7.11. The molecular formula is C13H17N3OS. The number of rotatable bonds is 4. The highest BCUT2D eigenvalue weighted by Gasteiger charge is 2.11. The Balaban J connectivity index is 2.15. The first kappa shape index (κ1) is 13.0. The van der Waals surface area contributed by atoms with E-state index in [9.17, 15) is 0 Å². The lowest BCUT2D eigenvalue weighted by molar-refractivity contribution is 0.397. The third-order valence-electron chi connectivity index (χ3n) is 2.65. The molecule has 0 aliphatic rings. The van der Waals surface area contributed by atoms with Crippen LogP contribution in [-0.2, 0) is 6.42 Å². The first-order chi connectivity index (χ1) is 8.60. The van der Waals surface area contributed by atoms with Gasteiger partial charge in [-0.3, -0.25) is 0 Å². The molecule has 0 saturated heterocycles. The number of aryl methyl sites for hydroxylation is 1. The first-order valence-electron chi connectivity index (χ1n) is 5.81. The monoisotopic (exact) mass is 263 g/mol. The Labute approximate surface area is 111 Å². The van der Waals surface area contributed by atoms with Gasteiger partial charge >= 0.3 is 0 Å². The molecule has 1 atom stereocenters. The molecular weight excluding hydrogens is 246 g/mol. The topological polar surface area (TPSA) is 61.0 Å². The number of ether oxygens (including phenoxy) is 1. The SMILES string of the molecule is COc1ccc(Cc2nc(C)c(C(C)N)s2)cn1. The van der Waals surface area contributed by atoms with Gasteiger partial charge in [-0.05, 0) is 19.4 Å². The minimum Gasteiger partial charge on any atom is -0.481 e. The molecule has 2 aromatic rings. The van der Waals surface area contributed by atoms with Crippen molar-refractivity contribution in [3.05, 3.63) is 39.5 Å². The highest BCUT2D eigenvalue weighted by atomic mass is 32.1. The summed E-state index contributed by atoms with van der Waals surface area (Å²) in [6, 6.07) is 3.92. The number of pyridine rings is 1. The zero-order valence-electron chi connectivity index (χ0n) is 10.8. The normalized spacial score (nSPS) is 12.4. The third kappa shape index (κ3) is 2.86. The van der Waals surface area contributed by atoms with Crippen LogP contribution in [-0.4, -0.2) is 17.1 Å². The quantitative estimate of drug-likeness (QED) is 0.920. The van der Waals surface area contributed by atoms with E-state index < -0.39 is 0 Å². The van der Waals surface area contributed by atoms with Gasteiger partial charge in [0.1, 0.15) is 0 Å². The molecule has 96 valence electrons. The van der Waals surface area contributed by atoms with Crippen molar-refractivity contribution in [3.8, 4) is 5.88 Å². The minimum atomic E-state index is 0.0465. The maximum atomic E-state index is 5.90. The fourth-order valence-corrected chi connectivity index (χ4v) is 2.83. The average molecular weight is 263 g/mol. The Morgan fingerprint density at radius 2 is 2.22 bits per heavy atom. The van der Waals surface area contributed by atoms with E-state index in [0.29, 0.717) is 5.88 Å². The lowest BCUT2D eigenvalue weighted by Crippen LogP contribution is -2.03. The zero-order chi connectivity index (χ0) is 13.1. The van der Waals surface area contributed by atoms with E-state index in [1.54, 1.807) is 18.4 Å². The molecule has 0 fully saturated rings. The molecule has 5 heteroatoms. The lowest BCUT2D eigenvalue weighted by Gasteiger charge is -2.01. The van der Waals surface area contributed by atoms with Crippen molar-refractivity contribution in [2.75, 3.05) is 7.11 Å². The van der Waals surface area contributed by atoms with Crippen LogP contribution in [0.15, 0.2) is 18.3 Å². The van der Waals surface area contributed by atoms with Gasteiger partial charge in [-0.25, -0.2) is 9.97 Å². The molecule has 18 heavy (non-hydrogen) atoms. The van der Waals surface area contributed by atoms with E-state index in [1.165, 1.54) is 0 Å². The molecule has 2 rings (SSSR count). The zero-order valence-corrected chi connectivity index (χ0v) is 11.6. The first-order valence-corrected chi connectivity index (χ1v) is 6.62. The summed E-state index contributed by atoms with van der Waals surface area (Å²) in [5.74, 6) is 0.630. The van der Waals surface area contributed by atoms with Gasteiger partial charge in [0.25, 0.3) is 0 Å². The smallest absolute Gasteiger partial charge is 0.212 e. The molecule has 0 spiro atoms. The molecule has 2 aromatic heterocycles. The van der Waals surface area contributed by atoms with Gasteiger partial charge in [0.05, 0.1) is 17.8 Å². The molecule has 4 nitrogen and oxygen atoms in total. The van der Waals surface area contributed by atoms with Gasteiger partial charge in [0, 0.05) is 29.6 Å². The number of aromatic nitrogens is 2. The van der Waals surface area contributed by atoms with Crippen molar-refractivity contribution in [2.45, 2.75) is 26.3 Å². The number of methoxy groups -OCH3 is 1. The average Bonchev–Trinajstić information content (AvgIpc) is 2.71. The van der Waals surface area contributed by atoms with Gasteiger partial charge in [0.15, 0.2) is 0 Å². The molecule has 1 unspecified atom stereocenters. The van der Waals surface area contributed by atoms with Gasteiger partial charge in [-0.15, -0.1) is 11.3 Å². The van der Waals surface area contributed by atoms with Crippen molar-refractivity contribution < 1.29 is 4.74 Å². The fraction of sp³-hybridized carbons (Fsp3) is 0.385. The molecule has 0 aliphatic heterocycles. The van der Waals surface area contributed by atoms with Crippen molar-refractivity contribution in [1.82, 2.24) is 9.97 Å². The fourth-order valence-electron chi connectivity index (χ4n) is 1.77. The van der Waals surface area contributed by atoms with Crippen molar-refractivity contribution >= 4 is 11.3 Å². The van der Waals surface area contributed by atoms with Gasteiger partial charge in [0.2, 0.25) is 5.88 Å². The lowest BCUT2D eigenvalue weighted by atomic mass is 10.2. The van der Waals surface area contributed by atoms with Crippen LogP contribution >= 0.6 is 11.3 Å². The second-order valence-electron chi connectivity index (χ2n) is 4.23. The van der Waals surface area contributed by atoms with Crippen LogP contribution in [0, 0.1) is 6.92 Å². The Morgan fingerprint density at radius 3 is 2.72 bits per heavy atom. The third-order valence-corrected chi connectivity index (χ3v) is 4.01. The molecule has 0 bridgehead atoms. The molecule has 2 heterocycles. The van der Waals surface area contributed by atoms with Crippen LogP contribution in [0.2, 0.25) is 0 Å². The Hall–Kier alpha value is -1.46. The second kappa shape index (κ2) is 5.46. The summed E-state index contributed by atoms with van der Waals surface area (Å²) in [5, 5.41) is 1.08. The summed E-state index contributed by atoms with van der Waals surface area (Å²) in [6.07, 6.45) is 2.61. The van der Waals surface area contributed by atoms with Gasteiger partial charge < -0.3 is 10.5 Å².